The molecule has 160 valence electrons. The number of hydrogen-bond donors (Lipinski definition) is 0. The second kappa shape index (κ2) is 11.9. The number of ether oxygens (including phenoxy) is 1. The fraction of sp³-hybridized carbons (Fsp3) is 0.286. The summed E-state index contributed by atoms with van der Waals surface area (Å²) in [7, 11) is 0. The Balaban J connectivity index is 2.00. The molecule has 9 heteroatoms. The molecule has 2 aromatic carbocycles. The number of carbonyl (C=O) groups is 2. The molecule has 5 nitrogen and oxygen atoms in total. The SMILES string of the molecule is CCOC(=O)C(Cc1c(F)cccc1Cl)C(=O)C/C=N/OCc1ccc(Cl)cc1Cl. The highest BCUT2D eigenvalue weighted by Crippen LogP contribution is 2.24. The van der Waals surface area contributed by atoms with Gasteiger partial charge in [0.1, 0.15) is 18.3 Å². The molecule has 0 radical (unpaired) electrons. The minimum absolute atomic E-state index is 0.0762. The lowest BCUT2D eigenvalue weighted by atomic mass is 9.93. The van der Waals surface area contributed by atoms with E-state index < -0.39 is 23.5 Å². The van der Waals surface area contributed by atoms with Crippen LogP contribution in [-0.4, -0.2) is 24.6 Å². The number of hydrogen-bond acceptors (Lipinski definition) is 5. The number of benzene rings is 2. The van der Waals surface area contributed by atoms with Crippen LogP contribution in [0.25, 0.3) is 0 Å². The Bertz CT molecular complexity index is 916. The molecule has 0 aliphatic heterocycles. The van der Waals surface area contributed by atoms with Crippen molar-refractivity contribution in [1.82, 2.24) is 0 Å². The molecule has 1 unspecified atom stereocenters. The number of rotatable bonds is 10. The summed E-state index contributed by atoms with van der Waals surface area (Å²) in [5.41, 5.74) is 0.749. The van der Waals surface area contributed by atoms with Gasteiger partial charge in [-0.25, -0.2) is 4.39 Å². The van der Waals surface area contributed by atoms with Gasteiger partial charge in [-0.15, -0.1) is 0 Å². The van der Waals surface area contributed by atoms with Gasteiger partial charge in [-0.1, -0.05) is 52.1 Å². The van der Waals surface area contributed by atoms with Crippen LogP contribution in [-0.2, 0) is 32.2 Å². The highest BCUT2D eigenvalue weighted by Gasteiger charge is 2.29. The molecule has 2 aromatic rings. The van der Waals surface area contributed by atoms with Crippen molar-refractivity contribution in [3.8, 4) is 0 Å². The van der Waals surface area contributed by atoms with E-state index in [0.29, 0.717) is 15.6 Å². The fourth-order valence-electron chi connectivity index (χ4n) is 2.57. The summed E-state index contributed by atoms with van der Waals surface area (Å²) in [6, 6.07) is 9.08. The average molecular weight is 475 g/mol. The first-order valence-electron chi connectivity index (χ1n) is 9.03. The second-order valence-electron chi connectivity index (χ2n) is 6.18. The van der Waals surface area contributed by atoms with E-state index in [-0.39, 0.29) is 36.6 Å². The zero-order valence-electron chi connectivity index (χ0n) is 16.0. The number of nitrogens with zero attached hydrogens (tertiary/aromatic N) is 1. The van der Waals surface area contributed by atoms with E-state index in [9.17, 15) is 14.0 Å². The van der Waals surface area contributed by atoms with Crippen LogP contribution in [0.2, 0.25) is 15.1 Å². The molecular weight excluding hydrogens is 456 g/mol. The van der Waals surface area contributed by atoms with Crippen molar-refractivity contribution >= 4 is 52.8 Å². The normalized spacial score (nSPS) is 12.0. The molecule has 0 aliphatic rings. The molecule has 0 saturated carbocycles. The van der Waals surface area contributed by atoms with Crippen LogP contribution >= 0.6 is 34.8 Å². The van der Waals surface area contributed by atoms with Crippen LogP contribution in [0.15, 0.2) is 41.6 Å². The molecule has 0 spiro atoms. The Kier molecular flexibility index (Phi) is 9.56. The summed E-state index contributed by atoms with van der Waals surface area (Å²) in [6.07, 6.45) is 0.809. The van der Waals surface area contributed by atoms with Crippen molar-refractivity contribution in [3.05, 3.63) is 68.4 Å². The van der Waals surface area contributed by atoms with Crippen LogP contribution in [0.5, 0.6) is 0 Å². The number of esters is 1. The predicted octanol–water partition coefficient (Wildman–Crippen LogP) is 5.67. The minimum atomic E-state index is -1.21. The average Bonchev–Trinajstić information content (AvgIpc) is 2.69. The third-order valence-electron chi connectivity index (χ3n) is 4.11. The first kappa shape index (κ1) is 24.1. The molecule has 0 bridgehead atoms. The number of halogens is 4. The molecule has 0 saturated heterocycles. The maximum absolute atomic E-state index is 14.1. The Morgan fingerprint density at radius 1 is 1.17 bits per heavy atom. The third-order valence-corrected chi connectivity index (χ3v) is 5.05. The van der Waals surface area contributed by atoms with E-state index in [1.807, 2.05) is 0 Å². The molecule has 0 aromatic heterocycles. The van der Waals surface area contributed by atoms with E-state index in [0.717, 1.165) is 0 Å². The summed E-state index contributed by atoms with van der Waals surface area (Å²) in [4.78, 5) is 29.9. The third kappa shape index (κ3) is 6.97. The molecule has 2 rings (SSSR count). The van der Waals surface area contributed by atoms with Crippen LogP contribution < -0.4 is 0 Å². The van der Waals surface area contributed by atoms with Gasteiger partial charge in [-0.2, -0.15) is 0 Å². The first-order valence-corrected chi connectivity index (χ1v) is 10.2. The Morgan fingerprint density at radius 2 is 1.93 bits per heavy atom. The topological polar surface area (TPSA) is 65.0 Å². The molecule has 30 heavy (non-hydrogen) atoms. The number of Topliss-reactive ketones (excluding diaryl/α,β-unsaturated/α-hetero) is 1. The van der Waals surface area contributed by atoms with Crippen LogP contribution in [0.4, 0.5) is 4.39 Å². The Morgan fingerprint density at radius 3 is 2.60 bits per heavy atom. The van der Waals surface area contributed by atoms with Gasteiger partial charge in [0, 0.05) is 32.6 Å². The molecule has 0 fully saturated rings. The number of oxime groups is 1. The Hall–Kier alpha value is -2.15. The second-order valence-corrected chi connectivity index (χ2v) is 7.43. The van der Waals surface area contributed by atoms with Gasteiger partial charge in [-0.3, -0.25) is 9.59 Å². The lowest BCUT2D eigenvalue weighted by Gasteiger charge is -2.15. The predicted molar refractivity (Wildman–Crippen MR) is 115 cm³/mol. The number of carbonyl (C=O) groups excluding carboxylic acids is 2. The minimum Gasteiger partial charge on any atom is -0.465 e. The van der Waals surface area contributed by atoms with Gasteiger partial charge in [0.2, 0.25) is 0 Å². The summed E-state index contributed by atoms with van der Waals surface area (Å²) < 4.78 is 19.0. The van der Waals surface area contributed by atoms with Crippen molar-refractivity contribution in [1.29, 1.82) is 0 Å². The quantitative estimate of drug-likeness (QED) is 0.193. The van der Waals surface area contributed by atoms with Crippen LogP contribution in [0.3, 0.4) is 0 Å². The van der Waals surface area contributed by atoms with Crippen molar-refractivity contribution < 1.29 is 23.6 Å². The summed E-state index contributed by atoms with van der Waals surface area (Å²) in [5, 5.41) is 4.77. The maximum atomic E-state index is 14.1. The summed E-state index contributed by atoms with van der Waals surface area (Å²) in [5.74, 6) is -3.05. The molecule has 0 amide bonds. The van der Waals surface area contributed by atoms with Gasteiger partial charge < -0.3 is 9.57 Å². The van der Waals surface area contributed by atoms with Gasteiger partial charge in [0.05, 0.1) is 12.8 Å². The summed E-state index contributed by atoms with van der Waals surface area (Å²) >= 11 is 17.9. The van der Waals surface area contributed by atoms with Gasteiger partial charge in [0.25, 0.3) is 0 Å². The standard InChI is InChI=1S/C21H19Cl3FNO4/c1-2-29-21(28)16(11-15-17(23)4-3-5-19(15)25)20(27)8-9-26-30-12-13-6-7-14(22)10-18(13)24/h3-7,9-10,16H,2,8,11-12H2,1H3/b26-9+. The molecule has 1 atom stereocenters. The fourth-order valence-corrected chi connectivity index (χ4v) is 3.27. The molecule has 0 aliphatic carbocycles. The van der Waals surface area contributed by atoms with Crippen LogP contribution in [0.1, 0.15) is 24.5 Å². The monoisotopic (exact) mass is 473 g/mol. The van der Waals surface area contributed by atoms with E-state index >= 15 is 0 Å². The number of ketones is 1. The van der Waals surface area contributed by atoms with Crippen molar-refractivity contribution in [2.75, 3.05) is 6.61 Å². The lowest BCUT2D eigenvalue weighted by Crippen LogP contribution is -2.29. The zero-order valence-corrected chi connectivity index (χ0v) is 18.3. The molecular formula is C21H19Cl3FNO4. The highest BCUT2D eigenvalue weighted by atomic mass is 35.5. The van der Waals surface area contributed by atoms with Crippen molar-refractivity contribution in [3.63, 3.8) is 0 Å². The highest BCUT2D eigenvalue weighted by molar-refractivity contribution is 6.35. The van der Waals surface area contributed by atoms with Crippen molar-refractivity contribution in [2.24, 2.45) is 11.1 Å². The smallest absolute Gasteiger partial charge is 0.316 e. The van der Waals surface area contributed by atoms with E-state index in [4.69, 9.17) is 44.4 Å². The van der Waals surface area contributed by atoms with Gasteiger partial charge in [-0.05, 0) is 37.6 Å². The van der Waals surface area contributed by atoms with E-state index in [1.165, 1.54) is 24.4 Å². The lowest BCUT2D eigenvalue weighted by molar-refractivity contribution is -0.151. The van der Waals surface area contributed by atoms with Crippen molar-refractivity contribution in [2.45, 2.75) is 26.4 Å². The summed E-state index contributed by atoms with van der Waals surface area (Å²) in [6.45, 7) is 1.78. The van der Waals surface area contributed by atoms with E-state index in [2.05, 4.69) is 5.16 Å². The van der Waals surface area contributed by atoms with Gasteiger partial charge >= 0.3 is 5.97 Å². The Labute approximate surface area is 188 Å². The molecule has 0 N–H and O–H groups in total. The largest absolute Gasteiger partial charge is 0.465 e. The molecule has 0 heterocycles. The van der Waals surface area contributed by atoms with E-state index in [1.54, 1.807) is 25.1 Å². The van der Waals surface area contributed by atoms with Crippen LogP contribution in [0, 0.1) is 11.7 Å². The zero-order chi connectivity index (χ0) is 22.1. The maximum Gasteiger partial charge on any atom is 0.316 e. The first-order chi connectivity index (χ1) is 14.3. The van der Waals surface area contributed by atoms with Gasteiger partial charge in [0.15, 0.2) is 5.78 Å².